The standard InChI is InChI=1S/C9H17N3O3/c1-8-11-9(12-15-8)7-10-3-2-5-14-6-4-13/h10,13H,2-7H2,1H3. The van der Waals surface area contributed by atoms with Crippen LogP contribution in [0.4, 0.5) is 0 Å². The van der Waals surface area contributed by atoms with Gasteiger partial charge in [0.1, 0.15) is 0 Å². The van der Waals surface area contributed by atoms with Crippen LogP contribution in [0, 0.1) is 6.92 Å². The summed E-state index contributed by atoms with van der Waals surface area (Å²) in [5.41, 5.74) is 0. The highest BCUT2D eigenvalue weighted by molar-refractivity contribution is 4.82. The van der Waals surface area contributed by atoms with Gasteiger partial charge in [0, 0.05) is 13.5 Å². The van der Waals surface area contributed by atoms with Crippen molar-refractivity contribution < 1.29 is 14.4 Å². The van der Waals surface area contributed by atoms with Gasteiger partial charge in [-0.3, -0.25) is 0 Å². The third kappa shape index (κ3) is 5.46. The summed E-state index contributed by atoms with van der Waals surface area (Å²) in [4.78, 5) is 4.05. The molecule has 86 valence electrons. The molecule has 0 unspecified atom stereocenters. The molecular formula is C9H17N3O3. The Hall–Kier alpha value is -0.980. The minimum absolute atomic E-state index is 0.0789. The van der Waals surface area contributed by atoms with E-state index in [4.69, 9.17) is 14.4 Å². The molecular weight excluding hydrogens is 198 g/mol. The lowest BCUT2D eigenvalue weighted by Crippen LogP contribution is -2.17. The van der Waals surface area contributed by atoms with Crippen LogP contribution in [0.1, 0.15) is 18.1 Å². The molecule has 0 aliphatic carbocycles. The Morgan fingerprint density at radius 3 is 3.00 bits per heavy atom. The molecule has 0 saturated heterocycles. The molecule has 1 rings (SSSR count). The molecule has 0 spiro atoms. The maximum absolute atomic E-state index is 8.45. The van der Waals surface area contributed by atoms with E-state index in [1.807, 2.05) is 0 Å². The number of aromatic nitrogens is 2. The summed E-state index contributed by atoms with van der Waals surface area (Å²) in [6.07, 6.45) is 0.900. The van der Waals surface area contributed by atoms with Gasteiger partial charge in [-0.05, 0) is 13.0 Å². The van der Waals surface area contributed by atoms with Crippen LogP contribution >= 0.6 is 0 Å². The van der Waals surface area contributed by atoms with Gasteiger partial charge < -0.3 is 19.7 Å². The maximum Gasteiger partial charge on any atom is 0.223 e. The highest BCUT2D eigenvalue weighted by Crippen LogP contribution is 1.93. The minimum atomic E-state index is 0.0789. The summed E-state index contributed by atoms with van der Waals surface area (Å²) in [5.74, 6) is 1.25. The number of nitrogens with zero attached hydrogens (tertiary/aromatic N) is 2. The number of aryl methyl sites for hydroxylation is 1. The first-order chi connectivity index (χ1) is 7.33. The van der Waals surface area contributed by atoms with Gasteiger partial charge in [-0.2, -0.15) is 4.98 Å². The van der Waals surface area contributed by atoms with Crippen molar-refractivity contribution in [2.75, 3.05) is 26.4 Å². The second-order valence-corrected chi connectivity index (χ2v) is 3.10. The highest BCUT2D eigenvalue weighted by atomic mass is 16.5. The van der Waals surface area contributed by atoms with E-state index in [9.17, 15) is 0 Å². The molecule has 1 aromatic heterocycles. The summed E-state index contributed by atoms with van der Waals surface area (Å²) in [6, 6.07) is 0. The first-order valence-electron chi connectivity index (χ1n) is 5.01. The lowest BCUT2D eigenvalue weighted by atomic mass is 10.4. The first-order valence-corrected chi connectivity index (χ1v) is 5.01. The van der Waals surface area contributed by atoms with Crippen LogP contribution in [0.5, 0.6) is 0 Å². The van der Waals surface area contributed by atoms with Crippen LogP contribution < -0.4 is 5.32 Å². The summed E-state index contributed by atoms with van der Waals surface area (Å²) >= 11 is 0. The zero-order valence-electron chi connectivity index (χ0n) is 8.90. The fraction of sp³-hybridized carbons (Fsp3) is 0.778. The van der Waals surface area contributed by atoms with Crippen molar-refractivity contribution in [1.82, 2.24) is 15.5 Å². The molecule has 0 fully saturated rings. The second kappa shape index (κ2) is 7.33. The van der Waals surface area contributed by atoms with Gasteiger partial charge in [0.25, 0.3) is 0 Å². The summed E-state index contributed by atoms with van der Waals surface area (Å²) in [5, 5.41) is 15.4. The molecule has 6 heteroatoms. The molecule has 0 amide bonds. The Morgan fingerprint density at radius 1 is 1.47 bits per heavy atom. The predicted octanol–water partition coefficient (Wildman–Crippen LogP) is -0.133. The lowest BCUT2D eigenvalue weighted by Gasteiger charge is -2.02. The molecule has 0 saturated carbocycles. The van der Waals surface area contributed by atoms with E-state index in [0.717, 1.165) is 13.0 Å². The van der Waals surface area contributed by atoms with Gasteiger partial charge in [0.2, 0.25) is 5.89 Å². The van der Waals surface area contributed by atoms with Gasteiger partial charge >= 0.3 is 0 Å². The Balaban J connectivity index is 1.93. The number of rotatable bonds is 8. The van der Waals surface area contributed by atoms with E-state index >= 15 is 0 Å². The molecule has 0 aliphatic rings. The first kappa shape index (κ1) is 12.1. The number of ether oxygens (including phenoxy) is 1. The van der Waals surface area contributed by atoms with E-state index < -0.39 is 0 Å². The van der Waals surface area contributed by atoms with Crippen LogP contribution in [-0.4, -0.2) is 41.6 Å². The third-order valence-corrected chi connectivity index (χ3v) is 1.73. The van der Waals surface area contributed by atoms with E-state index in [1.165, 1.54) is 0 Å². The van der Waals surface area contributed by atoms with E-state index in [1.54, 1.807) is 6.92 Å². The maximum atomic E-state index is 8.45. The van der Waals surface area contributed by atoms with Crippen LogP contribution in [-0.2, 0) is 11.3 Å². The summed E-state index contributed by atoms with van der Waals surface area (Å²) < 4.78 is 9.92. The Kier molecular flexibility index (Phi) is 5.91. The van der Waals surface area contributed by atoms with Gasteiger partial charge in [-0.25, -0.2) is 0 Å². The van der Waals surface area contributed by atoms with Crippen molar-refractivity contribution >= 4 is 0 Å². The van der Waals surface area contributed by atoms with E-state index in [-0.39, 0.29) is 6.61 Å². The van der Waals surface area contributed by atoms with Crippen molar-refractivity contribution in [2.24, 2.45) is 0 Å². The van der Waals surface area contributed by atoms with Crippen LogP contribution in [0.15, 0.2) is 4.52 Å². The average molecular weight is 215 g/mol. The van der Waals surface area contributed by atoms with Crippen LogP contribution in [0.25, 0.3) is 0 Å². The van der Waals surface area contributed by atoms with Crippen LogP contribution in [0.3, 0.4) is 0 Å². The normalized spacial score (nSPS) is 10.8. The largest absolute Gasteiger partial charge is 0.394 e. The van der Waals surface area contributed by atoms with Gasteiger partial charge in [0.15, 0.2) is 5.82 Å². The molecule has 0 bridgehead atoms. The van der Waals surface area contributed by atoms with Crippen molar-refractivity contribution in [1.29, 1.82) is 0 Å². The Labute approximate surface area is 88.6 Å². The highest BCUT2D eigenvalue weighted by Gasteiger charge is 2.00. The summed E-state index contributed by atoms with van der Waals surface area (Å²) in [7, 11) is 0. The quantitative estimate of drug-likeness (QED) is 0.588. The van der Waals surface area contributed by atoms with Gasteiger partial charge in [0.05, 0.1) is 19.8 Å². The fourth-order valence-electron chi connectivity index (χ4n) is 1.08. The number of hydrogen-bond acceptors (Lipinski definition) is 6. The monoisotopic (exact) mass is 215 g/mol. The van der Waals surface area contributed by atoms with Crippen molar-refractivity contribution in [3.63, 3.8) is 0 Å². The van der Waals surface area contributed by atoms with Crippen LogP contribution in [0.2, 0.25) is 0 Å². The zero-order chi connectivity index (χ0) is 10.9. The van der Waals surface area contributed by atoms with Crippen molar-refractivity contribution in [2.45, 2.75) is 19.9 Å². The number of nitrogens with one attached hydrogen (secondary N) is 1. The number of aliphatic hydroxyl groups is 1. The third-order valence-electron chi connectivity index (χ3n) is 1.73. The molecule has 15 heavy (non-hydrogen) atoms. The van der Waals surface area contributed by atoms with E-state index in [0.29, 0.717) is 31.5 Å². The molecule has 0 aliphatic heterocycles. The van der Waals surface area contributed by atoms with Crippen molar-refractivity contribution in [3.05, 3.63) is 11.7 Å². The fourth-order valence-corrected chi connectivity index (χ4v) is 1.08. The molecule has 0 radical (unpaired) electrons. The Morgan fingerprint density at radius 2 is 2.33 bits per heavy atom. The molecule has 0 atom stereocenters. The smallest absolute Gasteiger partial charge is 0.223 e. The minimum Gasteiger partial charge on any atom is -0.394 e. The number of aliphatic hydroxyl groups excluding tert-OH is 1. The molecule has 1 aromatic rings. The predicted molar refractivity (Wildman–Crippen MR) is 53.3 cm³/mol. The van der Waals surface area contributed by atoms with Crippen molar-refractivity contribution in [3.8, 4) is 0 Å². The average Bonchev–Trinajstić information content (AvgIpc) is 2.63. The SMILES string of the molecule is Cc1nc(CNCCCOCCO)no1. The summed E-state index contributed by atoms with van der Waals surface area (Å²) in [6.45, 7) is 4.34. The second-order valence-electron chi connectivity index (χ2n) is 3.10. The molecule has 1 heterocycles. The molecule has 2 N–H and O–H groups in total. The Bertz CT molecular complexity index is 265. The molecule has 0 aromatic carbocycles. The lowest BCUT2D eigenvalue weighted by molar-refractivity contribution is 0.0907. The molecule has 6 nitrogen and oxygen atoms in total. The van der Waals surface area contributed by atoms with Gasteiger partial charge in [-0.15, -0.1) is 0 Å². The van der Waals surface area contributed by atoms with E-state index in [2.05, 4.69) is 15.5 Å². The zero-order valence-corrected chi connectivity index (χ0v) is 8.90. The number of hydrogen-bond donors (Lipinski definition) is 2. The van der Waals surface area contributed by atoms with Gasteiger partial charge in [-0.1, -0.05) is 5.16 Å². The topological polar surface area (TPSA) is 80.4 Å².